The van der Waals surface area contributed by atoms with Crippen LogP contribution in [0, 0.1) is 0 Å². The molecular weight excluding hydrogens is 352 g/mol. The molecule has 2 aromatic rings. The van der Waals surface area contributed by atoms with Crippen LogP contribution in [0.5, 0.6) is 5.75 Å². The summed E-state index contributed by atoms with van der Waals surface area (Å²) >= 11 is 2.04. The zero-order valence-electron chi connectivity index (χ0n) is 16.2. The minimum atomic E-state index is 0.650. The number of anilines is 1. The van der Waals surface area contributed by atoms with Gasteiger partial charge < -0.3 is 15.4 Å². The maximum Gasteiger partial charge on any atom is 0.127 e. The Balaban J connectivity index is 1.87. The Bertz CT molecular complexity index is 777. The summed E-state index contributed by atoms with van der Waals surface area (Å²) in [6, 6.07) is 13.1. The van der Waals surface area contributed by atoms with Gasteiger partial charge in [0.15, 0.2) is 0 Å². The summed E-state index contributed by atoms with van der Waals surface area (Å²) in [6.45, 7) is 5.83. The fourth-order valence-electron chi connectivity index (χ4n) is 4.34. The fraction of sp³-hybridized carbons (Fsp3) is 0.478. The van der Waals surface area contributed by atoms with E-state index in [4.69, 9.17) is 4.74 Å². The highest BCUT2D eigenvalue weighted by atomic mass is 32.2. The Kier molecular flexibility index (Phi) is 6.25. The molecule has 0 aromatic heterocycles. The molecule has 2 aromatic carbocycles. The average molecular weight is 383 g/mol. The summed E-state index contributed by atoms with van der Waals surface area (Å²) in [4.78, 5) is 1.48. The highest BCUT2D eigenvalue weighted by Crippen LogP contribution is 2.47. The molecule has 0 saturated heterocycles. The van der Waals surface area contributed by atoms with E-state index < -0.39 is 0 Å². The Hall–Kier alpha value is -1.65. The van der Waals surface area contributed by atoms with Crippen LogP contribution < -0.4 is 15.4 Å². The molecule has 2 N–H and O–H groups in total. The second-order valence-corrected chi connectivity index (χ2v) is 8.47. The molecule has 0 saturated carbocycles. The second-order valence-electron chi connectivity index (χ2n) is 7.34. The minimum Gasteiger partial charge on any atom is -0.493 e. The molecule has 2 aliphatic heterocycles. The van der Waals surface area contributed by atoms with Gasteiger partial charge in [-0.1, -0.05) is 24.3 Å². The summed E-state index contributed by atoms with van der Waals surface area (Å²) in [5.41, 5.74) is 5.37. The predicted octanol–water partition coefficient (Wildman–Crippen LogP) is 5.52. The van der Waals surface area contributed by atoms with E-state index >= 15 is 0 Å². The molecule has 144 valence electrons. The third kappa shape index (κ3) is 4.12. The zero-order chi connectivity index (χ0) is 18.5. The second kappa shape index (κ2) is 9.03. The molecule has 3 nitrogen and oxygen atoms in total. The van der Waals surface area contributed by atoms with Gasteiger partial charge in [0.25, 0.3) is 0 Å². The molecule has 1 atom stereocenters. The number of nitrogens with one attached hydrogen (secondary N) is 2. The first-order valence-corrected chi connectivity index (χ1v) is 11.3. The summed E-state index contributed by atoms with van der Waals surface area (Å²) < 4.78 is 5.96. The lowest BCUT2D eigenvalue weighted by molar-refractivity contribution is 0.341. The third-order valence-electron chi connectivity index (χ3n) is 5.56. The molecule has 2 aliphatic rings. The standard InChI is InChI=1S/C23H30N2OS/c1-2-26-20-10-4-3-9-18(20)19-11-12-21-22-17(8-6-16-27-21)7-5-13-24-14-15-25-23(19)22/h3-4,9-12,17,24-25H,2,5-8,13-16H2,1H3. The van der Waals surface area contributed by atoms with Crippen LogP contribution in [0.25, 0.3) is 11.1 Å². The van der Waals surface area contributed by atoms with Crippen molar-refractivity contribution in [1.82, 2.24) is 5.32 Å². The molecular formula is C23H30N2OS. The number of rotatable bonds is 3. The van der Waals surface area contributed by atoms with Crippen molar-refractivity contribution in [2.24, 2.45) is 0 Å². The number of thioether (sulfide) groups is 1. The van der Waals surface area contributed by atoms with Crippen LogP contribution in [-0.2, 0) is 0 Å². The largest absolute Gasteiger partial charge is 0.493 e. The fourth-order valence-corrected chi connectivity index (χ4v) is 5.46. The normalized spacial score (nSPS) is 20.1. The van der Waals surface area contributed by atoms with Crippen molar-refractivity contribution in [1.29, 1.82) is 0 Å². The van der Waals surface area contributed by atoms with Gasteiger partial charge >= 0.3 is 0 Å². The molecule has 27 heavy (non-hydrogen) atoms. The summed E-state index contributed by atoms with van der Waals surface area (Å²) in [5.74, 6) is 2.86. The molecule has 0 bridgehead atoms. The summed E-state index contributed by atoms with van der Waals surface area (Å²) in [6.07, 6.45) is 5.13. The molecule has 4 rings (SSSR count). The van der Waals surface area contributed by atoms with Gasteiger partial charge in [-0.2, -0.15) is 0 Å². The van der Waals surface area contributed by atoms with Crippen LogP contribution in [0.1, 0.15) is 44.1 Å². The van der Waals surface area contributed by atoms with Gasteiger partial charge in [-0.25, -0.2) is 0 Å². The lowest BCUT2D eigenvalue weighted by Gasteiger charge is -2.26. The molecule has 1 unspecified atom stereocenters. The van der Waals surface area contributed by atoms with Crippen LogP contribution in [0.4, 0.5) is 5.69 Å². The third-order valence-corrected chi connectivity index (χ3v) is 6.71. The topological polar surface area (TPSA) is 33.3 Å². The van der Waals surface area contributed by atoms with E-state index in [1.165, 1.54) is 53.1 Å². The lowest BCUT2D eigenvalue weighted by atomic mass is 9.86. The number of para-hydroxylation sites is 1. The Morgan fingerprint density at radius 2 is 1.89 bits per heavy atom. The van der Waals surface area contributed by atoms with Crippen LogP contribution >= 0.6 is 11.8 Å². The van der Waals surface area contributed by atoms with Crippen molar-refractivity contribution in [2.45, 2.75) is 43.4 Å². The van der Waals surface area contributed by atoms with E-state index in [0.29, 0.717) is 12.5 Å². The molecule has 0 radical (unpaired) electrons. The van der Waals surface area contributed by atoms with Crippen LogP contribution in [0.2, 0.25) is 0 Å². The van der Waals surface area contributed by atoms with Gasteiger partial charge in [0.2, 0.25) is 0 Å². The number of hydrogen-bond donors (Lipinski definition) is 2. The van der Waals surface area contributed by atoms with E-state index in [2.05, 4.69) is 54.0 Å². The summed E-state index contributed by atoms with van der Waals surface area (Å²) in [7, 11) is 0. The molecule has 4 heteroatoms. The first-order chi connectivity index (χ1) is 13.4. The maximum absolute atomic E-state index is 5.96. The number of benzene rings is 2. The van der Waals surface area contributed by atoms with Gasteiger partial charge in [0.05, 0.1) is 6.61 Å². The molecule has 0 amide bonds. The molecule has 0 fully saturated rings. The Morgan fingerprint density at radius 3 is 2.81 bits per heavy atom. The van der Waals surface area contributed by atoms with Crippen molar-refractivity contribution >= 4 is 17.4 Å². The van der Waals surface area contributed by atoms with Gasteiger partial charge in [-0.15, -0.1) is 11.8 Å². The predicted molar refractivity (Wildman–Crippen MR) is 116 cm³/mol. The van der Waals surface area contributed by atoms with Crippen molar-refractivity contribution in [2.75, 3.05) is 37.3 Å². The van der Waals surface area contributed by atoms with Crippen molar-refractivity contribution in [3.8, 4) is 16.9 Å². The quantitative estimate of drug-likeness (QED) is 0.732. The highest BCUT2D eigenvalue weighted by molar-refractivity contribution is 7.99. The van der Waals surface area contributed by atoms with Crippen LogP contribution in [0.15, 0.2) is 41.3 Å². The van der Waals surface area contributed by atoms with E-state index in [-0.39, 0.29) is 0 Å². The lowest BCUT2D eigenvalue weighted by Crippen LogP contribution is -2.25. The maximum atomic E-state index is 5.96. The Labute approximate surface area is 167 Å². The smallest absolute Gasteiger partial charge is 0.127 e. The average Bonchev–Trinajstić information content (AvgIpc) is 2.91. The number of ether oxygens (including phenoxy) is 1. The molecule has 2 heterocycles. The van der Waals surface area contributed by atoms with E-state index in [1.54, 1.807) is 5.56 Å². The van der Waals surface area contributed by atoms with Crippen molar-refractivity contribution in [3.05, 3.63) is 42.0 Å². The van der Waals surface area contributed by atoms with Gasteiger partial charge in [0, 0.05) is 34.8 Å². The number of hydrogen-bond acceptors (Lipinski definition) is 4. The first-order valence-electron chi connectivity index (χ1n) is 10.3. The Morgan fingerprint density at radius 1 is 1.00 bits per heavy atom. The van der Waals surface area contributed by atoms with Gasteiger partial charge in [0.1, 0.15) is 5.75 Å². The molecule has 0 aliphatic carbocycles. The summed E-state index contributed by atoms with van der Waals surface area (Å²) in [5, 5.41) is 7.38. The van der Waals surface area contributed by atoms with E-state index in [1.807, 2.05) is 11.8 Å². The van der Waals surface area contributed by atoms with Crippen LogP contribution in [0.3, 0.4) is 0 Å². The van der Waals surface area contributed by atoms with Gasteiger partial charge in [-0.05, 0) is 68.5 Å². The van der Waals surface area contributed by atoms with Crippen molar-refractivity contribution in [3.63, 3.8) is 0 Å². The molecule has 0 spiro atoms. The first kappa shape index (κ1) is 18.7. The zero-order valence-corrected chi connectivity index (χ0v) is 17.0. The van der Waals surface area contributed by atoms with E-state index in [0.717, 1.165) is 25.4 Å². The van der Waals surface area contributed by atoms with Gasteiger partial charge in [-0.3, -0.25) is 0 Å². The highest BCUT2D eigenvalue weighted by Gasteiger charge is 2.25. The monoisotopic (exact) mass is 382 g/mol. The minimum absolute atomic E-state index is 0.650. The SMILES string of the molecule is CCOc1ccccc1-c1ccc2c3c1NCCNCCCC3CCCS2. The van der Waals surface area contributed by atoms with Crippen molar-refractivity contribution < 1.29 is 4.74 Å². The van der Waals surface area contributed by atoms with E-state index in [9.17, 15) is 0 Å². The van der Waals surface area contributed by atoms with Crippen LogP contribution in [-0.4, -0.2) is 32.0 Å².